The third-order valence-electron chi connectivity index (χ3n) is 8.03. The van der Waals surface area contributed by atoms with Gasteiger partial charge in [0.2, 0.25) is 17.1 Å². The molecule has 2 amide bonds. The van der Waals surface area contributed by atoms with Crippen molar-refractivity contribution in [2.75, 3.05) is 36.5 Å². The van der Waals surface area contributed by atoms with Gasteiger partial charge in [0.25, 0.3) is 0 Å². The summed E-state index contributed by atoms with van der Waals surface area (Å²) < 4.78 is 43.0. The van der Waals surface area contributed by atoms with Gasteiger partial charge < -0.3 is 31.6 Å². The summed E-state index contributed by atoms with van der Waals surface area (Å²) in [5.74, 6) is -0.488. The molecule has 0 aliphatic heterocycles. The minimum absolute atomic E-state index is 0.0440. The summed E-state index contributed by atoms with van der Waals surface area (Å²) in [7, 11) is 1.76. The number of imidazole rings is 1. The number of halogens is 4. The van der Waals surface area contributed by atoms with E-state index < -0.39 is 17.6 Å². The number of hydrogen-bond acceptors (Lipinski definition) is 8. The van der Waals surface area contributed by atoms with Crippen LogP contribution in [0.25, 0.3) is 11.2 Å². The molecule has 2 aromatic carbocycles. The molecule has 1 aliphatic carbocycles. The predicted molar refractivity (Wildman–Crippen MR) is 170 cm³/mol. The van der Waals surface area contributed by atoms with Crippen molar-refractivity contribution >= 4 is 51.8 Å². The zero-order valence-corrected chi connectivity index (χ0v) is 25.9. The molecule has 1 aliphatic rings. The molecule has 15 heteroatoms. The largest absolute Gasteiger partial charge is 0.416 e. The number of nitrogen functional groups attached to an aromatic ring is 1. The highest BCUT2D eigenvalue weighted by molar-refractivity contribution is 6.28. The summed E-state index contributed by atoms with van der Waals surface area (Å²) in [6.45, 7) is 1.20. The average molecular weight is 658 g/mol. The molecule has 5 rings (SSSR count). The fraction of sp³-hybridized carbons (Fsp3) is 0.387. The Hall–Kier alpha value is -4.27. The summed E-state index contributed by atoms with van der Waals surface area (Å²) in [6.07, 6.45) is -0.0775. The molecule has 0 bridgehead atoms. The Morgan fingerprint density at radius 1 is 1.00 bits per heavy atom. The highest BCUT2D eigenvalue weighted by Crippen LogP contribution is 2.36. The first-order valence-corrected chi connectivity index (χ1v) is 15.3. The SMILES string of the molecule is CNCCNCc1ccc(NC(=O)Cc2ccc(NC(=O)C3CCC(n4cnc5c(N)nc(Cl)nc54)CC3)cc2)cc1C(F)(F)F. The van der Waals surface area contributed by atoms with E-state index in [1.54, 1.807) is 37.6 Å². The number of nitrogens with one attached hydrogen (secondary N) is 4. The van der Waals surface area contributed by atoms with E-state index in [0.717, 1.165) is 18.9 Å². The number of alkyl halides is 3. The van der Waals surface area contributed by atoms with E-state index in [1.165, 1.54) is 12.1 Å². The van der Waals surface area contributed by atoms with E-state index >= 15 is 0 Å². The zero-order chi connectivity index (χ0) is 32.8. The number of hydrogen-bond donors (Lipinski definition) is 5. The molecule has 1 fully saturated rings. The van der Waals surface area contributed by atoms with Gasteiger partial charge in [-0.2, -0.15) is 23.1 Å². The molecule has 0 spiro atoms. The van der Waals surface area contributed by atoms with Crippen LogP contribution in [0.15, 0.2) is 48.8 Å². The molecule has 0 radical (unpaired) electrons. The maximum atomic E-state index is 13.7. The van der Waals surface area contributed by atoms with Gasteiger partial charge in [-0.15, -0.1) is 0 Å². The maximum absolute atomic E-state index is 13.7. The van der Waals surface area contributed by atoms with Gasteiger partial charge in [0.05, 0.1) is 18.3 Å². The third kappa shape index (κ3) is 8.11. The van der Waals surface area contributed by atoms with Crippen LogP contribution in [0.5, 0.6) is 0 Å². The van der Waals surface area contributed by atoms with Crippen molar-refractivity contribution in [1.82, 2.24) is 30.2 Å². The average Bonchev–Trinajstić information content (AvgIpc) is 3.44. The number of nitrogens with zero attached hydrogens (tertiary/aromatic N) is 4. The molecule has 0 atom stereocenters. The van der Waals surface area contributed by atoms with Gasteiger partial charge in [0, 0.05) is 43.0 Å². The Labute approximate surface area is 268 Å². The van der Waals surface area contributed by atoms with Crippen LogP contribution < -0.4 is 27.0 Å². The molecule has 11 nitrogen and oxygen atoms in total. The van der Waals surface area contributed by atoms with Gasteiger partial charge in [0.15, 0.2) is 11.5 Å². The first-order chi connectivity index (χ1) is 22.0. The van der Waals surface area contributed by atoms with Crippen LogP contribution in [0.4, 0.5) is 30.4 Å². The topological polar surface area (TPSA) is 152 Å². The number of fused-ring (bicyclic) bond motifs is 1. The first kappa shape index (κ1) is 33.1. The van der Waals surface area contributed by atoms with Crippen LogP contribution in [0.2, 0.25) is 5.28 Å². The van der Waals surface area contributed by atoms with Crippen LogP contribution >= 0.6 is 11.6 Å². The van der Waals surface area contributed by atoms with Crippen molar-refractivity contribution < 1.29 is 22.8 Å². The number of likely N-dealkylation sites (N-methyl/N-ethyl adjacent to an activating group) is 1. The van der Waals surface area contributed by atoms with Crippen molar-refractivity contribution in [2.45, 2.75) is 50.9 Å². The third-order valence-corrected chi connectivity index (χ3v) is 8.20. The number of benzene rings is 2. The van der Waals surface area contributed by atoms with Crippen molar-refractivity contribution in [3.8, 4) is 0 Å². The number of carbonyl (C=O) groups excluding carboxylic acids is 2. The lowest BCUT2D eigenvalue weighted by Gasteiger charge is -2.28. The second-order valence-corrected chi connectivity index (χ2v) is 11.6. The van der Waals surface area contributed by atoms with Crippen LogP contribution in [-0.4, -0.2) is 51.5 Å². The lowest BCUT2D eigenvalue weighted by Crippen LogP contribution is -2.28. The van der Waals surface area contributed by atoms with Crippen molar-refractivity contribution in [1.29, 1.82) is 0 Å². The van der Waals surface area contributed by atoms with Crippen LogP contribution in [-0.2, 0) is 28.7 Å². The highest BCUT2D eigenvalue weighted by Gasteiger charge is 2.33. The van der Waals surface area contributed by atoms with Gasteiger partial charge in [-0.3, -0.25) is 9.59 Å². The van der Waals surface area contributed by atoms with E-state index in [-0.39, 0.29) is 53.2 Å². The van der Waals surface area contributed by atoms with Crippen LogP contribution in [0, 0.1) is 5.92 Å². The maximum Gasteiger partial charge on any atom is 0.416 e. The van der Waals surface area contributed by atoms with Crippen molar-refractivity contribution in [3.63, 3.8) is 0 Å². The van der Waals surface area contributed by atoms with E-state index in [4.69, 9.17) is 17.3 Å². The molecule has 1 saturated carbocycles. The summed E-state index contributed by atoms with van der Waals surface area (Å²) in [6, 6.07) is 10.7. The lowest BCUT2D eigenvalue weighted by molar-refractivity contribution is -0.138. The summed E-state index contributed by atoms with van der Waals surface area (Å²) in [5, 5.41) is 11.5. The number of anilines is 3. The smallest absolute Gasteiger partial charge is 0.382 e. The summed E-state index contributed by atoms with van der Waals surface area (Å²) in [5.41, 5.74) is 7.61. The molecule has 244 valence electrons. The van der Waals surface area contributed by atoms with Gasteiger partial charge in [0.1, 0.15) is 5.52 Å². The zero-order valence-electron chi connectivity index (χ0n) is 25.1. The molecule has 46 heavy (non-hydrogen) atoms. The molecule has 4 aromatic rings. The standard InChI is InChI=1S/C31H35ClF3N9O2/c1-37-12-13-38-16-20-4-9-22(15-24(20)31(33,34)35)40-25(45)14-18-2-7-21(8-3-18)41-29(46)19-5-10-23(11-6-19)44-17-39-26-27(36)42-30(32)43-28(26)44/h2-4,7-9,15,17,19,23,37-38H,5-6,10-14,16H2,1H3,(H,40,45)(H,41,46)(H2,36,42,43). The van der Waals surface area contributed by atoms with Crippen molar-refractivity contribution in [3.05, 3.63) is 70.8 Å². The minimum atomic E-state index is -4.56. The first-order valence-electron chi connectivity index (χ1n) is 14.9. The monoisotopic (exact) mass is 657 g/mol. The summed E-state index contributed by atoms with van der Waals surface area (Å²) in [4.78, 5) is 38.2. The molecule has 0 unspecified atom stereocenters. The fourth-order valence-electron chi connectivity index (χ4n) is 5.64. The van der Waals surface area contributed by atoms with E-state index in [0.29, 0.717) is 48.3 Å². The van der Waals surface area contributed by atoms with E-state index in [2.05, 4.69) is 36.2 Å². The highest BCUT2D eigenvalue weighted by atomic mass is 35.5. The number of amides is 2. The van der Waals surface area contributed by atoms with Crippen molar-refractivity contribution in [2.24, 2.45) is 5.92 Å². The quantitative estimate of drug-likeness (QED) is 0.112. The van der Waals surface area contributed by atoms with Gasteiger partial charge in [-0.1, -0.05) is 18.2 Å². The Kier molecular flexibility index (Phi) is 10.4. The number of aromatic nitrogens is 4. The molecule has 0 saturated heterocycles. The van der Waals surface area contributed by atoms with Gasteiger partial charge in [-0.05, 0) is 79.7 Å². The fourth-order valence-corrected chi connectivity index (χ4v) is 5.81. The Morgan fingerprint density at radius 2 is 1.72 bits per heavy atom. The summed E-state index contributed by atoms with van der Waals surface area (Å²) >= 11 is 5.99. The second-order valence-electron chi connectivity index (χ2n) is 11.3. The van der Waals surface area contributed by atoms with E-state index in [1.807, 2.05) is 4.57 Å². The van der Waals surface area contributed by atoms with Crippen LogP contribution in [0.3, 0.4) is 0 Å². The molecular formula is C31H35ClF3N9O2. The molecular weight excluding hydrogens is 623 g/mol. The molecule has 2 heterocycles. The Balaban J connectivity index is 1.12. The van der Waals surface area contributed by atoms with Gasteiger partial charge in [-0.25, -0.2) is 4.98 Å². The van der Waals surface area contributed by atoms with Crippen LogP contribution in [0.1, 0.15) is 48.4 Å². The number of nitrogens with two attached hydrogens (primary N) is 1. The Morgan fingerprint density at radius 3 is 2.41 bits per heavy atom. The Bertz CT molecular complexity index is 1690. The molecule has 2 aromatic heterocycles. The normalized spacial score (nSPS) is 16.8. The lowest BCUT2D eigenvalue weighted by atomic mass is 9.85. The number of rotatable bonds is 11. The van der Waals surface area contributed by atoms with Gasteiger partial charge >= 0.3 is 6.18 Å². The molecule has 6 N–H and O–H groups in total. The van der Waals surface area contributed by atoms with E-state index in [9.17, 15) is 22.8 Å². The number of carbonyl (C=O) groups is 2. The predicted octanol–water partition coefficient (Wildman–Crippen LogP) is 4.94. The second kappa shape index (κ2) is 14.4. The minimum Gasteiger partial charge on any atom is -0.382 e.